The quantitative estimate of drug-likeness (QED) is 0.374. The van der Waals surface area contributed by atoms with Gasteiger partial charge >= 0.3 is 0 Å². The number of anilines is 1. The largest absolute Gasteiger partial charge is 0.326 e. The van der Waals surface area contributed by atoms with Crippen molar-refractivity contribution in [1.29, 1.82) is 0 Å². The van der Waals surface area contributed by atoms with E-state index in [1.54, 1.807) is 11.8 Å². The normalized spacial score (nSPS) is 11.2. The summed E-state index contributed by atoms with van der Waals surface area (Å²) in [5.74, 6) is 0.00854. The number of hydrogen-bond donors (Lipinski definition) is 1. The fourth-order valence-corrected chi connectivity index (χ4v) is 4.56. The van der Waals surface area contributed by atoms with Gasteiger partial charge in [-0.3, -0.25) is 4.79 Å². The van der Waals surface area contributed by atoms with Gasteiger partial charge in [-0.25, -0.2) is 9.67 Å². The second-order valence-corrected chi connectivity index (χ2v) is 8.99. The van der Waals surface area contributed by atoms with Crippen LogP contribution in [-0.2, 0) is 11.2 Å². The van der Waals surface area contributed by atoms with Gasteiger partial charge in [-0.2, -0.15) is 5.10 Å². The van der Waals surface area contributed by atoms with Crippen LogP contribution >= 0.6 is 11.8 Å². The summed E-state index contributed by atoms with van der Waals surface area (Å²) in [4.78, 5) is 18.6. The van der Waals surface area contributed by atoms with E-state index in [-0.39, 0.29) is 5.91 Å². The number of hydrogen-bond acceptors (Lipinski definition) is 4. The van der Waals surface area contributed by atoms with Gasteiger partial charge in [0.1, 0.15) is 0 Å². The van der Waals surface area contributed by atoms with E-state index in [9.17, 15) is 4.79 Å². The summed E-state index contributed by atoms with van der Waals surface area (Å²) in [6, 6.07) is 16.2. The summed E-state index contributed by atoms with van der Waals surface area (Å²) >= 11 is 1.66. The van der Waals surface area contributed by atoms with Crippen molar-refractivity contribution >= 4 is 34.4 Å². The Morgan fingerprint density at radius 1 is 1.03 bits per heavy atom. The molecule has 0 unspecified atom stereocenters. The van der Waals surface area contributed by atoms with Crippen LogP contribution in [0.4, 0.5) is 5.69 Å². The lowest BCUT2D eigenvalue weighted by atomic mass is 9.99. The lowest BCUT2D eigenvalue weighted by Crippen LogP contribution is -2.13. The van der Waals surface area contributed by atoms with Crippen molar-refractivity contribution in [2.75, 3.05) is 11.6 Å². The molecule has 0 fully saturated rings. The van der Waals surface area contributed by atoms with Gasteiger partial charge in [0.05, 0.1) is 11.4 Å². The van der Waals surface area contributed by atoms with Crippen molar-refractivity contribution in [3.63, 3.8) is 0 Å². The zero-order valence-electron chi connectivity index (χ0n) is 19.2. The summed E-state index contributed by atoms with van der Waals surface area (Å²) in [5.41, 5.74) is 8.08. The lowest BCUT2D eigenvalue weighted by Gasteiger charge is -2.12. The Morgan fingerprint density at radius 3 is 2.50 bits per heavy atom. The van der Waals surface area contributed by atoms with Crippen LogP contribution < -0.4 is 5.32 Å². The van der Waals surface area contributed by atoms with Crippen molar-refractivity contribution in [3.8, 4) is 5.69 Å². The number of aromatic nitrogens is 3. The number of nitrogens with zero attached hydrogens (tertiary/aromatic N) is 3. The van der Waals surface area contributed by atoms with Gasteiger partial charge in [0, 0.05) is 28.1 Å². The first-order chi connectivity index (χ1) is 15.4. The van der Waals surface area contributed by atoms with Gasteiger partial charge in [-0.1, -0.05) is 23.8 Å². The molecule has 0 aliphatic carbocycles. The second-order valence-electron chi connectivity index (χ2n) is 8.11. The molecule has 2 aromatic carbocycles. The van der Waals surface area contributed by atoms with Crippen LogP contribution in [-0.4, -0.2) is 26.9 Å². The summed E-state index contributed by atoms with van der Waals surface area (Å²) in [7, 11) is 0. The first-order valence-corrected chi connectivity index (χ1v) is 12.0. The smallest absolute Gasteiger partial charge is 0.224 e. The fraction of sp³-hybridized carbons (Fsp3) is 0.269. The van der Waals surface area contributed by atoms with Crippen LogP contribution in [0.25, 0.3) is 16.7 Å². The molecule has 1 amide bonds. The Labute approximate surface area is 193 Å². The number of benzene rings is 2. The summed E-state index contributed by atoms with van der Waals surface area (Å²) in [5, 5.41) is 8.86. The molecular weight excluding hydrogens is 416 g/mol. The second kappa shape index (κ2) is 9.17. The summed E-state index contributed by atoms with van der Waals surface area (Å²) in [6.45, 7) is 8.22. The predicted molar refractivity (Wildman–Crippen MR) is 133 cm³/mol. The average molecular weight is 445 g/mol. The maximum absolute atomic E-state index is 12.6. The Bertz CT molecular complexity index is 1290. The number of rotatable bonds is 6. The van der Waals surface area contributed by atoms with Crippen molar-refractivity contribution in [3.05, 3.63) is 76.6 Å². The molecule has 0 saturated heterocycles. The first kappa shape index (κ1) is 22.1. The molecule has 164 valence electrons. The molecule has 0 radical (unpaired) electrons. The number of thioether (sulfide) groups is 1. The Morgan fingerprint density at radius 2 is 1.78 bits per heavy atom. The standard InChI is InChI=1S/C26H28N4OS/c1-16-9-11-21(12-10-16)30-26-25(19(4)29-30)17(2)23(18(3)27-26)13-14-24(31)28-20-7-6-8-22(15-20)32-5/h6-12,15H,13-14H2,1-5H3,(H,28,31). The van der Waals surface area contributed by atoms with Gasteiger partial charge < -0.3 is 5.32 Å². The third-order valence-corrected chi connectivity index (χ3v) is 6.53. The maximum atomic E-state index is 12.6. The van der Waals surface area contributed by atoms with Crippen LogP contribution in [0.2, 0.25) is 0 Å². The molecular formula is C26H28N4OS. The van der Waals surface area contributed by atoms with Crippen LogP contribution in [0, 0.1) is 27.7 Å². The van der Waals surface area contributed by atoms with E-state index >= 15 is 0 Å². The molecule has 0 aliphatic heterocycles. The monoisotopic (exact) mass is 444 g/mol. The molecule has 0 atom stereocenters. The van der Waals surface area contributed by atoms with Crippen LogP contribution in [0.15, 0.2) is 53.4 Å². The Hall–Kier alpha value is -3.12. The molecule has 0 aliphatic rings. The number of aryl methyl sites for hydroxylation is 4. The van der Waals surface area contributed by atoms with Crippen LogP contribution in [0.3, 0.4) is 0 Å². The number of carbonyl (C=O) groups is 1. The highest BCUT2D eigenvalue weighted by Gasteiger charge is 2.18. The number of fused-ring (bicyclic) bond motifs is 1. The summed E-state index contributed by atoms with van der Waals surface area (Å²) in [6.07, 6.45) is 3.08. The van der Waals surface area contributed by atoms with Gasteiger partial charge in [0.15, 0.2) is 5.65 Å². The predicted octanol–water partition coefficient (Wildman–Crippen LogP) is 5.95. The van der Waals surface area contributed by atoms with E-state index in [1.165, 1.54) is 5.56 Å². The molecule has 2 heterocycles. The van der Waals surface area contributed by atoms with Crippen LogP contribution in [0.5, 0.6) is 0 Å². The molecule has 6 heteroatoms. The average Bonchev–Trinajstić information content (AvgIpc) is 3.10. The van der Waals surface area contributed by atoms with Crippen molar-refractivity contribution in [2.45, 2.75) is 45.4 Å². The molecule has 0 spiro atoms. The van der Waals surface area contributed by atoms with Gasteiger partial charge in [-0.15, -0.1) is 11.8 Å². The van der Waals surface area contributed by atoms with Crippen molar-refractivity contribution < 1.29 is 4.79 Å². The van der Waals surface area contributed by atoms with Gasteiger partial charge in [0.25, 0.3) is 0 Å². The SMILES string of the molecule is CSc1cccc(NC(=O)CCc2c(C)nc3c(c(C)nn3-c3ccc(C)cc3)c2C)c1. The van der Waals surface area contributed by atoms with E-state index in [4.69, 9.17) is 10.1 Å². The van der Waals surface area contributed by atoms with Gasteiger partial charge in [-0.05, 0) is 81.8 Å². The third-order valence-electron chi connectivity index (χ3n) is 5.81. The molecule has 5 nitrogen and oxygen atoms in total. The summed E-state index contributed by atoms with van der Waals surface area (Å²) < 4.78 is 1.92. The zero-order chi connectivity index (χ0) is 22.8. The minimum absolute atomic E-state index is 0.00854. The van der Waals surface area contributed by atoms with E-state index in [0.29, 0.717) is 12.8 Å². The van der Waals surface area contributed by atoms with E-state index < -0.39 is 0 Å². The van der Waals surface area contributed by atoms with Crippen molar-refractivity contribution in [1.82, 2.24) is 14.8 Å². The molecule has 2 aromatic heterocycles. The molecule has 4 rings (SSSR count). The third kappa shape index (κ3) is 4.41. The topological polar surface area (TPSA) is 59.8 Å². The van der Waals surface area contributed by atoms with Crippen LogP contribution in [0.1, 0.15) is 34.5 Å². The highest BCUT2D eigenvalue weighted by Crippen LogP contribution is 2.28. The minimum Gasteiger partial charge on any atom is -0.326 e. The van der Waals surface area contributed by atoms with Crippen molar-refractivity contribution in [2.24, 2.45) is 0 Å². The maximum Gasteiger partial charge on any atom is 0.224 e. The van der Waals surface area contributed by atoms with Gasteiger partial charge in [0.2, 0.25) is 5.91 Å². The number of amides is 1. The first-order valence-electron chi connectivity index (χ1n) is 10.7. The number of pyridine rings is 1. The zero-order valence-corrected chi connectivity index (χ0v) is 20.0. The van der Waals surface area contributed by atoms with E-state index in [2.05, 4.69) is 43.4 Å². The molecule has 1 N–H and O–H groups in total. The number of carbonyl (C=O) groups excluding carboxylic acids is 1. The minimum atomic E-state index is 0.00854. The molecule has 32 heavy (non-hydrogen) atoms. The highest BCUT2D eigenvalue weighted by atomic mass is 32.2. The molecule has 0 bridgehead atoms. The Balaban J connectivity index is 1.59. The van der Waals surface area contributed by atoms with E-state index in [1.807, 2.05) is 49.1 Å². The molecule has 4 aromatic rings. The Kier molecular flexibility index (Phi) is 6.33. The van der Waals surface area contributed by atoms with E-state index in [0.717, 1.165) is 49.8 Å². The lowest BCUT2D eigenvalue weighted by molar-refractivity contribution is -0.116. The number of nitrogens with one attached hydrogen (secondary N) is 1. The fourth-order valence-electron chi connectivity index (χ4n) is 4.10. The molecule has 0 saturated carbocycles. The highest BCUT2D eigenvalue weighted by molar-refractivity contribution is 7.98.